The second kappa shape index (κ2) is 7.16. The monoisotopic (exact) mass is 254 g/mol. The van der Waals surface area contributed by atoms with Gasteiger partial charge in [0.2, 0.25) is 0 Å². The van der Waals surface area contributed by atoms with E-state index in [0.717, 1.165) is 19.4 Å². The van der Waals surface area contributed by atoms with Crippen LogP contribution in [0.25, 0.3) is 0 Å². The first-order valence-corrected chi connectivity index (χ1v) is 6.42. The molecule has 0 amide bonds. The van der Waals surface area contributed by atoms with E-state index in [-0.39, 0.29) is 5.97 Å². The van der Waals surface area contributed by atoms with Crippen LogP contribution in [0.1, 0.15) is 44.8 Å². The molecule has 1 aromatic heterocycles. The second-order valence-electron chi connectivity index (χ2n) is 4.35. The van der Waals surface area contributed by atoms with Crippen molar-refractivity contribution in [2.75, 3.05) is 7.11 Å². The maximum absolute atomic E-state index is 11.7. The zero-order valence-corrected chi connectivity index (χ0v) is 11.3. The Morgan fingerprint density at radius 2 is 2.28 bits per heavy atom. The standard InChI is InChI=1S/C13H22N2O3/c1-4-6-7-11(13(17)18-3)12(16)10-8-14-15(5-2)9-10/h8-9,11-12,16H,4-7H2,1-3H3. The van der Waals surface area contributed by atoms with Crippen molar-refractivity contribution >= 4 is 5.97 Å². The topological polar surface area (TPSA) is 64.3 Å². The van der Waals surface area contributed by atoms with Gasteiger partial charge >= 0.3 is 5.97 Å². The maximum atomic E-state index is 11.7. The van der Waals surface area contributed by atoms with E-state index in [9.17, 15) is 9.90 Å². The highest BCUT2D eigenvalue weighted by Crippen LogP contribution is 2.27. The van der Waals surface area contributed by atoms with E-state index >= 15 is 0 Å². The van der Waals surface area contributed by atoms with Crippen molar-refractivity contribution in [1.82, 2.24) is 9.78 Å². The van der Waals surface area contributed by atoms with Crippen LogP contribution < -0.4 is 0 Å². The Labute approximate surface area is 108 Å². The van der Waals surface area contributed by atoms with Gasteiger partial charge in [-0.05, 0) is 13.3 Å². The largest absolute Gasteiger partial charge is 0.469 e. The van der Waals surface area contributed by atoms with Crippen LogP contribution in [0.2, 0.25) is 0 Å². The molecular weight excluding hydrogens is 232 g/mol. The van der Waals surface area contributed by atoms with Gasteiger partial charge in [0.1, 0.15) is 0 Å². The molecule has 18 heavy (non-hydrogen) atoms. The lowest BCUT2D eigenvalue weighted by Gasteiger charge is -2.19. The Hall–Kier alpha value is -1.36. The average molecular weight is 254 g/mol. The number of esters is 1. The Morgan fingerprint density at radius 1 is 1.56 bits per heavy atom. The van der Waals surface area contributed by atoms with E-state index in [0.29, 0.717) is 12.0 Å². The highest BCUT2D eigenvalue weighted by atomic mass is 16.5. The van der Waals surface area contributed by atoms with Crippen molar-refractivity contribution in [3.05, 3.63) is 18.0 Å². The van der Waals surface area contributed by atoms with Crippen LogP contribution in [0.4, 0.5) is 0 Å². The molecule has 0 bridgehead atoms. The van der Waals surface area contributed by atoms with E-state index in [2.05, 4.69) is 12.0 Å². The highest BCUT2D eigenvalue weighted by molar-refractivity contribution is 5.73. The maximum Gasteiger partial charge on any atom is 0.311 e. The van der Waals surface area contributed by atoms with Gasteiger partial charge < -0.3 is 9.84 Å². The molecule has 0 spiro atoms. The molecule has 0 radical (unpaired) electrons. The smallest absolute Gasteiger partial charge is 0.311 e. The van der Waals surface area contributed by atoms with E-state index in [1.54, 1.807) is 17.1 Å². The number of rotatable bonds is 7. The van der Waals surface area contributed by atoms with E-state index in [4.69, 9.17) is 4.74 Å². The van der Waals surface area contributed by atoms with Crippen LogP contribution in [-0.4, -0.2) is 28.0 Å². The third-order valence-corrected chi connectivity index (χ3v) is 3.07. The summed E-state index contributed by atoms with van der Waals surface area (Å²) in [7, 11) is 1.35. The number of carbonyl (C=O) groups is 1. The van der Waals surface area contributed by atoms with Gasteiger partial charge in [0.05, 0.1) is 25.3 Å². The van der Waals surface area contributed by atoms with Gasteiger partial charge in [0, 0.05) is 18.3 Å². The zero-order chi connectivity index (χ0) is 13.5. The fourth-order valence-corrected chi connectivity index (χ4v) is 1.92. The van der Waals surface area contributed by atoms with Crippen molar-refractivity contribution in [3.8, 4) is 0 Å². The van der Waals surface area contributed by atoms with Crippen LogP contribution in [0, 0.1) is 5.92 Å². The Kier molecular flexibility index (Phi) is 5.85. The lowest BCUT2D eigenvalue weighted by atomic mass is 9.93. The third kappa shape index (κ3) is 3.57. The third-order valence-electron chi connectivity index (χ3n) is 3.07. The molecule has 0 aliphatic rings. The molecule has 2 unspecified atom stereocenters. The number of carbonyl (C=O) groups excluding carboxylic acids is 1. The highest BCUT2D eigenvalue weighted by Gasteiger charge is 2.29. The fraction of sp³-hybridized carbons (Fsp3) is 0.692. The Balaban J connectivity index is 2.79. The number of hydrogen-bond donors (Lipinski definition) is 1. The molecule has 0 saturated heterocycles. The molecule has 5 heteroatoms. The molecule has 1 rings (SSSR count). The minimum absolute atomic E-state index is 0.361. The summed E-state index contributed by atoms with van der Waals surface area (Å²) in [6, 6.07) is 0. The summed E-state index contributed by atoms with van der Waals surface area (Å²) in [6.07, 6.45) is 5.03. The van der Waals surface area contributed by atoms with Crippen molar-refractivity contribution in [1.29, 1.82) is 0 Å². The number of hydrogen-bond acceptors (Lipinski definition) is 4. The number of aromatic nitrogens is 2. The number of aryl methyl sites for hydroxylation is 1. The van der Waals surface area contributed by atoms with Crippen molar-refractivity contribution in [2.24, 2.45) is 5.92 Å². The summed E-state index contributed by atoms with van der Waals surface area (Å²) < 4.78 is 6.49. The normalized spacial score (nSPS) is 14.2. The van der Waals surface area contributed by atoms with Gasteiger partial charge in [-0.15, -0.1) is 0 Å². The van der Waals surface area contributed by atoms with Crippen molar-refractivity contribution in [2.45, 2.75) is 45.8 Å². The van der Waals surface area contributed by atoms with E-state index in [1.165, 1.54) is 7.11 Å². The minimum atomic E-state index is -0.843. The first kappa shape index (κ1) is 14.7. The number of aliphatic hydroxyl groups is 1. The summed E-state index contributed by atoms with van der Waals surface area (Å²) in [5.74, 6) is -0.871. The summed E-state index contributed by atoms with van der Waals surface area (Å²) in [5.41, 5.74) is 0.670. The van der Waals surface area contributed by atoms with Crippen LogP contribution in [0.5, 0.6) is 0 Å². The summed E-state index contributed by atoms with van der Waals surface area (Å²) in [5, 5.41) is 14.4. The van der Waals surface area contributed by atoms with Gasteiger partial charge in [-0.25, -0.2) is 0 Å². The molecule has 0 aliphatic carbocycles. The molecule has 0 saturated carbocycles. The van der Waals surface area contributed by atoms with Gasteiger partial charge in [-0.1, -0.05) is 19.8 Å². The zero-order valence-electron chi connectivity index (χ0n) is 11.3. The van der Waals surface area contributed by atoms with Crippen LogP contribution in [0.15, 0.2) is 12.4 Å². The van der Waals surface area contributed by atoms with Crippen molar-refractivity contribution in [3.63, 3.8) is 0 Å². The molecule has 0 aromatic carbocycles. The summed E-state index contributed by atoms with van der Waals surface area (Å²) in [4.78, 5) is 11.7. The predicted octanol–water partition coefficient (Wildman–Crippen LogP) is 1.92. The Morgan fingerprint density at radius 3 is 2.78 bits per heavy atom. The van der Waals surface area contributed by atoms with E-state index < -0.39 is 12.0 Å². The molecule has 0 fully saturated rings. The summed E-state index contributed by atoms with van der Waals surface area (Å²) in [6.45, 7) is 4.76. The molecule has 0 aliphatic heterocycles. The molecule has 1 heterocycles. The number of unbranched alkanes of at least 4 members (excludes halogenated alkanes) is 1. The minimum Gasteiger partial charge on any atom is -0.469 e. The second-order valence-corrected chi connectivity index (χ2v) is 4.35. The molecule has 102 valence electrons. The van der Waals surface area contributed by atoms with Gasteiger partial charge in [-0.2, -0.15) is 5.10 Å². The van der Waals surface area contributed by atoms with Gasteiger partial charge in [0.25, 0.3) is 0 Å². The predicted molar refractivity (Wildman–Crippen MR) is 67.9 cm³/mol. The number of ether oxygens (including phenoxy) is 1. The number of aliphatic hydroxyl groups excluding tert-OH is 1. The number of methoxy groups -OCH3 is 1. The molecule has 5 nitrogen and oxygen atoms in total. The van der Waals surface area contributed by atoms with Gasteiger partial charge in [0.15, 0.2) is 0 Å². The molecule has 2 atom stereocenters. The first-order chi connectivity index (χ1) is 8.63. The van der Waals surface area contributed by atoms with E-state index in [1.807, 2.05) is 6.92 Å². The molecule has 1 N–H and O–H groups in total. The molecule has 1 aromatic rings. The molecular formula is C13H22N2O3. The fourth-order valence-electron chi connectivity index (χ4n) is 1.92. The van der Waals surface area contributed by atoms with Crippen LogP contribution in [0.3, 0.4) is 0 Å². The lowest BCUT2D eigenvalue weighted by molar-refractivity contribution is -0.150. The van der Waals surface area contributed by atoms with Crippen molar-refractivity contribution < 1.29 is 14.6 Å². The van der Waals surface area contributed by atoms with Crippen LogP contribution in [-0.2, 0) is 16.1 Å². The van der Waals surface area contributed by atoms with Gasteiger partial charge in [-0.3, -0.25) is 9.48 Å². The lowest BCUT2D eigenvalue weighted by Crippen LogP contribution is -2.23. The SMILES string of the molecule is CCCCC(C(=O)OC)C(O)c1cnn(CC)c1. The van der Waals surface area contributed by atoms with Crippen LogP contribution >= 0.6 is 0 Å². The first-order valence-electron chi connectivity index (χ1n) is 6.42. The summed E-state index contributed by atoms with van der Waals surface area (Å²) >= 11 is 0. The average Bonchev–Trinajstić information content (AvgIpc) is 2.87. The quantitative estimate of drug-likeness (QED) is 0.755. The Bertz CT molecular complexity index is 376. The number of nitrogens with zero attached hydrogens (tertiary/aromatic N) is 2.